The second-order valence-corrected chi connectivity index (χ2v) is 11.2. The van der Waals surface area contributed by atoms with Crippen LogP contribution in [0.1, 0.15) is 115 Å². The first kappa shape index (κ1) is 40.6. The summed E-state index contributed by atoms with van der Waals surface area (Å²) in [4.78, 5) is 11.3. The van der Waals surface area contributed by atoms with E-state index in [9.17, 15) is 4.79 Å². The first-order chi connectivity index (χ1) is 18.2. The van der Waals surface area contributed by atoms with Crippen LogP contribution in [0.4, 0.5) is 0 Å². The minimum Gasteiger partial charge on any atom is -0.278 e. The third-order valence-electron chi connectivity index (χ3n) is 6.28. The summed E-state index contributed by atoms with van der Waals surface area (Å²) in [6.45, 7) is 35.6. The van der Waals surface area contributed by atoms with Gasteiger partial charge in [-0.15, -0.1) is 19.7 Å². The zero-order chi connectivity index (χ0) is 31.2. The summed E-state index contributed by atoms with van der Waals surface area (Å²) in [5.74, 6) is -0.516. The lowest BCUT2D eigenvalue weighted by atomic mass is 9.77. The summed E-state index contributed by atoms with van der Waals surface area (Å²) < 4.78 is 0. The van der Waals surface area contributed by atoms with E-state index in [2.05, 4.69) is 106 Å². The largest absolute Gasteiger partial charge is 0.278 e. The maximum atomic E-state index is 11.3. The molecule has 1 aliphatic rings. The minimum atomic E-state index is -0.516. The highest BCUT2D eigenvalue weighted by Crippen LogP contribution is 2.37. The van der Waals surface area contributed by atoms with Gasteiger partial charge in [0.2, 0.25) is 0 Å². The molecule has 0 N–H and O–H groups in total. The molecule has 39 heavy (non-hydrogen) atoms. The molecule has 0 aromatic carbocycles. The molecule has 0 bridgehead atoms. The van der Waals surface area contributed by atoms with Crippen molar-refractivity contribution in [3.05, 3.63) is 95.7 Å². The molecule has 0 heterocycles. The molecule has 0 unspecified atom stereocenters. The van der Waals surface area contributed by atoms with Gasteiger partial charge in [-0.25, -0.2) is 0 Å². The van der Waals surface area contributed by atoms with Crippen molar-refractivity contribution in [1.29, 1.82) is 5.26 Å². The fraction of sp³-hybridized carbons (Fsp3) is 0.514. The Kier molecular flexibility index (Phi) is 22.8. The summed E-state index contributed by atoms with van der Waals surface area (Å²) in [6, 6.07) is 1.64. The Hall–Kier alpha value is -2.92. The van der Waals surface area contributed by atoms with Crippen molar-refractivity contribution in [3.63, 3.8) is 0 Å². The SMILES string of the molecule is C=C.C=CCC.CC.CCC(=C(C)/C=C/C(C)=C\C(=O)C#N)/C1=C/C/C(C(C)(C)C)=C\CC(C)(C)C/C=C\1C. The van der Waals surface area contributed by atoms with Crippen molar-refractivity contribution in [2.75, 3.05) is 0 Å². The monoisotopic (exact) mass is 533 g/mol. The molecule has 0 aliphatic heterocycles. The van der Waals surface area contributed by atoms with Crippen LogP contribution in [0, 0.1) is 22.2 Å². The third-order valence-corrected chi connectivity index (χ3v) is 6.28. The molecule has 1 aliphatic carbocycles. The normalized spacial score (nSPS) is 20.1. The Morgan fingerprint density at radius 1 is 1.05 bits per heavy atom. The average Bonchev–Trinajstić information content (AvgIpc) is 2.91. The van der Waals surface area contributed by atoms with E-state index in [1.165, 1.54) is 33.9 Å². The van der Waals surface area contributed by atoms with Crippen LogP contribution in [0.5, 0.6) is 0 Å². The molecule has 0 radical (unpaired) electrons. The van der Waals surface area contributed by atoms with E-state index in [1.54, 1.807) is 6.07 Å². The Morgan fingerprint density at radius 2 is 1.56 bits per heavy atom. The molecule has 0 saturated heterocycles. The summed E-state index contributed by atoms with van der Waals surface area (Å²) in [5.41, 5.74) is 7.84. The van der Waals surface area contributed by atoms with Gasteiger partial charge in [-0.05, 0) is 97.6 Å². The number of hydrogen-bond acceptors (Lipinski definition) is 2. The first-order valence-electron chi connectivity index (χ1n) is 14.4. The van der Waals surface area contributed by atoms with Crippen molar-refractivity contribution in [3.8, 4) is 6.07 Å². The van der Waals surface area contributed by atoms with Gasteiger partial charge >= 0.3 is 0 Å². The molecule has 2 nitrogen and oxygen atoms in total. The summed E-state index contributed by atoms with van der Waals surface area (Å²) in [6.07, 6.45) is 19.6. The Balaban J connectivity index is -0.00000145. The number of carbonyl (C=O) groups is 1. The van der Waals surface area contributed by atoms with Crippen LogP contribution in [0.25, 0.3) is 0 Å². The number of nitriles is 1. The summed E-state index contributed by atoms with van der Waals surface area (Å²) in [7, 11) is 0. The zero-order valence-corrected chi connectivity index (χ0v) is 27.6. The van der Waals surface area contributed by atoms with Crippen LogP contribution in [-0.4, -0.2) is 5.78 Å². The van der Waals surface area contributed by atoms with Crippen LogP contribution in [0.15, 0.2) is 95.7 Å². The second-order valence-electron chi connectivity index (χ2n) is 11.2. The third kappa shape index (κ3) is 18.1. The van der Waals surface area contributed by atoms with E-state index in [0.29, 0.717) is 0 Å². The fourth-order valence-electron chi connectivity index (χ4n) is 3.78. The number of allylic oxidation sites excluding steroid dienone is 13. The first-order valence-corrected chi connectivity index (χ1v) is 14.4. The molecule has 0 aromatic heterocycles. The van der Waals surface area contributed by atoms with Gasteiger partial charge < -0.3 is 0 Å². The van der Waals surface area contributed by atoms with Crippen molar-refractivity contribution < 1.29 is 4.79 Å². The molecule has 218 valence electrons. The van der Waals surface area contributed by atoms with E-state index in [-0.39, 0.29) is 10.8 Å². The van der Waals surface area contributed by atoms with Crippen LogP contribution in [0.3, 0.4) is 0 Å². The number of carbonyl (C=O) groups excluding carboxylic acids is 1. The fourth-order valence-corrected chi connectivity index (χ4v) is 3.78. The van der Waals surface area contributed by atoms with Gasteiger partial charge in [0.1, 0.15) is 6.07 Å². The number of nitrogens with zero attached hydrogens (tertiary/aromatic N) is 1. The predicted molar refractivity (Wildman–Crippen MR) is 177 cm³/mol. The van der Waals surface area contributed by atoms with Gasteiger partial charge in [-0.2, -0.15) is 5.26 Å². The minimum absolute atomic E-state index is 0.148. The Labute approximate surface area is 243 Å². The Morgan fingerprint density at radius 3 is 2.00 bits per heavy atom. The number of ketones is 1. The highest BCUT2D eigenvalue weighted by atomic mass is 16.1. The molecule has 0 saturated carbocycles. The summed E-state index contributed by atoms with van der Waals surface area (Å²) >= 11 is 0. The smallest absolute Gasteiger partial charge is 0.255 e. The predicted octanol–water partition coefficient (Wildman–Crippen LogP) is 11.8. The maximum Gasteiger partial charge on any atom is 0.255 e. The molecular weight excluding hydrogens is 474 g/mol. The Bertz CT molecular complexity index is 975. The zero-order valence-electron chi connectivity index (χ0n) is 27.6. The molecule has 0 aromatic rings. The van der Waals surface area contributed by atoms with Crippen LogP contribution in [-0.2, 0) is 4.79 Å². The quantitative estimate of drug-likeness (QED) is 0.147. The van der Waals surface area contributed by atoms with Crippen LogP contribution >= 0.6 is 0 Å². The van der Waals surface area contributed by atoms with Crippen LogP contribution < -0.4 is 0 Å². The van der Waals surface area contributed by atoms with Gasteiger partial charge in [0.05, 0.1) is 0 Å². The lowest BCUT2D eigenvalue weighted by molar-refractivity contribution is -0.109. The van der Waals surface area contributed by atoms with E-state index in [1.807, 2.05) is 32.9 Å². The highest BCUT2D eigenvalue weighted by molar-refractivity contribution is 6.03. The lowest BCUT2D eigenvalue weighted by Crippen LogP contribution is -2.14. The molecule has 0 spiro atoms. The van der Waals surface area contributed by atoms with Crippen molar-refractivity contribution in [2.45, 2.75) is 115 Å². The standard InChI is InChI=1S/C29H41NO.C4H8.C2H6.C2H4/c1-10-26(22(3)12-11-21(2)19-25(31)20-30)27-14-13-24(28(5,6)7)16-18-29(8,9)17-15-23(27)4;1-3-4-2;2*1-2/h11-12,14-16,19H,10,13,17-18H2,1-9H3;3H,1,4H2,2H3;1-2H3;1-2H2/b12-11+,21-19-,23-15-,24-16+,26-22-,27-14+;;;. The number of hydrogen-bond donors (Lipinski definition) is 0. The van der Waals surface area contributed by atoms with Gasteiger partial charge in [0.15, 0.2) is 0 Å². The topological polar surface area (TPSA) is 40.9 Å². The van der Waals surface area contributed by atoms with Crippen molar-refractivity contribution in [1.82, 2.24) is 0 Å². The van der Waals surface area contributed by atoms with Gasteiger partial charge in [-0.3, -0.25) is 4.79 Å². The maximum absolute atomic E-state index is 11.3. The van der Waals surface area contributed by atoms with E-state index >= 15 is 0 Å². The van der Waals surface area contributed by atoms with Gasteiger partial charge in [-0.1, -0.05) is 104 Å². The molecule has 1 rings (SSSR count). The van der Waals surface area contributed by atoms with Crippen molar-refractivity contribution >= 4 is 5.78 Å². The molecule has 0 amide bonds. The van der Waals surface area contributed by atoms with Gasteiger partial charge in [0.25, 0.3) is 5.78 Å². The lowest BCUT2D eigenvalue weighted by Gasteiger charge is -2.28. The van der Waals surface area contributed by atoms with Crippen molar-refractivity contribution in [2.24, 2.45) is 10.8 Å². The van der Waals surface area contributed by atoms with Gasteiger partial charge in [0, 0.05) is 0 Å². The van der Waals surface area contributed by atoms with E-state index < -0.39 is 5.78 Å². The average molecular weight is 534 g/mol. The van der Waals surface area contributed by atoms with Crippen LogP contribution in [0.2, 0.25) is 0 Å². The number of rotatable bonds is 6. The molecular formula is C37H59NO. The molecule has 2 heteroatoms. The highest BCUT2D eigenvalue weighted by Gasteiger charge is 2.22. The molecule has 0 fully saturated rings. The van der Waals surface area contributed by atoms with E-state index in [4.69, 9.17) is 5.26 Å². The summed E-state index contributed by atoms with van der Waals surface area (Å²) in [5, 5.41) is 8.70. The van der Waals surface area contributed by atoms with E-state index in [0.717, 1.165) is 37.7 Å². The second kappa shape index (κ2) is 22.0. The molecule has 0 atom stereocenters.